The van der Waals surface area contributed by atoms with E-state index in [0.717, 1.165) is 11.3 Å². The lowest BCUT2D eigenvalue weighted by molar-refractivity contribution is 0.341. The van der Waals surface area contributed by atoms with Crippen molar-refractivity contribution in [2.75, 3.05) is 0 Å². The predicted octanol–water partition coefficient (Wildman–Crippen LogP) is 0.525. The van der Waals surface area contributed by atoms with Crippen LogP contribution in [0.5, 0.6) is 0 Å². The Balaban J connectivity index is 2.57. The molecule has 1 aromatic rings. The van der Waals surface area contributed by atoms with Crippen molar-refractivity contribution in [1.29, 1.82) is 0 Å². The molecule has 2 rings (SSSR count). The van der Waals surface area contributed by atoms with Crippen molar-refractivity contribution >= 4 is 9.84 Å². The van der Waals surface area contributed by atoms with Crippen LogP contribution < -0.4 is 5.73 Å². The largest absolute Gasteiger partial charge is 0.325 e. The number of rotatable bonds is 1. The molecule has 0 saturated heterocycles. The molecule has 0 aliphatic carbocycles. The fourth-order valence-corrected chi connectivity index (χ4v) is 3.59. The van der Waals surface area contributed by atoms with Crippen molar-refractivity contribution in [3.8, 4) is 0 Å². The van der Waals surface area contributed by atoms with Crippen LogP contribution in [0.3, 0.4) is 0 Å². The van der Waals surface area contributed by atoms with Crippen LogP contribution in [0.15, 0.2) is 0 Å². The zero-order valence-electron chi connectivity index (χ0n) is 9.82. The molecule has 0 unspecified atom stereocenters. The van der Waals surface area contributed by atoms with E-state index in [1.807, 2.05) is 25.5 Å². The van der Waals surface area contributed by atoms with Crippen molar-refractivity contribution in [2.45, 2.75) is 44.4 Å². The van der Waals surface area contributed by atoms with Gasteiger partial charge in [0.1, 0.15) is 0 Å². The first kappa shape index (κ1) is 11.6. The van der Waals surface area contributed by atoms with Crippen LogP contribution in [-0.4, -0.2) is 18.2 Å². The Kier molecular flexibility index (Phi) is 2.40. The molecule has 2 heterocycles. The Morgan fingerprint density at radius 3 is 2.50 bits per heavy atom. The van der Waals surface area contributed by atoms with Gasteiger partial charge in [-0.1, -0.05) is 0 Å². The number of sulfone groups is 1. The topological polar surface area (TPSA) is 78.0 Å². The van der Waals surface area contributed by atoms with Gasteiger partial charge in [0.25, 0.3) is 0 Å². The first-order valence-electron chi connectivity index (χ1n) is 5.25. The van der Waals surface area contributed by atoms with Crippen LogP contribution in [0.1, 0.15) is 37.7 Å². The van der Waals surface area contributed by atoms with Crippen molar-refractivity contribution < 1.29 is 8.42 Å². The second kappa shape index (κ2) is 3.30. The maximum Gasteiger partial charge on any atom is 0.160 e. The molecule has 0 fully saturated rings. The summed E-state index contributed by atoms with van der Waals surface area (Å²) in [6.07, 6.45) is 0. The molecule has 1 aliphatic heterocycles. The summed E-state index contributed by atoms with van der Waals surface area (Å²) in [5.74, 6) is 0.142. The lowest BCUT2D eigenvalue weighted by Crippen LogP contribution is -2.27. The summed E-state index contributed by atoms with van der Waals surface area (Å²) in [5.41, 5.74) is 7.88. The van der Waals surface area contributed by atoms with Gasteiger partial charge in [-0.3, -0.25) is 4.68 Å². The molecule has 0 saturated carbocycles. The van der Waals surface area contributed by atoms with Crippen LogP contribution in [0.4, 0.5) is 0 Å². The third-order valence-corrected chi connectivity index (χ3v) is 4.16. The average Bonchev–Trinajstić information content (AvgIpc) is 2.54. The Hall–Kier alpha value is -0.880. The highest BCUT2D eigenvalue weighted by Crippen LogP contribution is 2.30. The van der Waals surface area contributed by atoms with E-state index >= 15 is 0 Å². The van der Waals surface area contributed by atoms with E-state index in [1.165, 1.54) is 0 Å². The standard InChI is InChI=1S/C10H17N3O2S/c1-10(2,3)13-9(4-11)7-5-16(14,15)6-8(7)12-13/h4-6,11H2,1-3H3. The average molecular weight is 243 g/mol. The minimum Gasteiger partial charge on any atom is -0.325 e. The van der Waals surface area contributed by atoms with E-state index in [1.54, 1.807) is 0 Å². The third-order valence-electron chi connectivity index (χ3n) is 2.72. The van der Waals surface area contributed by atoms with Gasteiger partial charge in [0.2, 0.25) is 0 Å². The van der Waals surface area contributed by atoms with Gasteiger partial charge < -0.3 is 5.73 Å². The first-order chi connectivity index (χ1) is 7.24. The van der Waals surface area contributed by atoms with Gasteiger partial charge in [0.05, 0.1) is 28.4 Å². The Morgan fingerprint density at radius 1 is 1.38 bits per heavy atom. The van der Waals surface area contributed by atoms with Crippen molar-refractivity contribution in [3.05, 3.63) is 17.0 Å². The fraction of sp³-hybridized carbons (Fsp3) is 0.700. The summed E-state index contributed by atoms with van der Waals surface area (Å²) in [6.45, 7) is 6.42. The summed E-state index contributed by atoms with van der Waals surface area (Å²) < 4.78 is 24.8. The molecule has 5 nitrogen and oxygen atoms in total. The van der Waals surface area contributed by atoms with E-state index in [2.05, 4.69) is 5.10 Å². The van der Waals surface area contributed by atoms with Gasteiger partial charge in [0, 0.05) is 12.1 Å². The van der Waals surface area contributed by atoms with Crippen LogP contribution in [-0.2, 0) is 33.4 Å². The highest BCUT2D eigenvalue weighted by atomic mass is 32.2. The zero-order chi connectivity index (χ0) is 12.1. The van der Waals surface area contributed by atoms with Gasteiger partial charge in [-0.2, -0.15) is 5.10 Å². The normalized spacial score (nSPS) is 18.8. The minimum atomic E-state index is -2.99. The molecule has 2 N–H and O–H groups in total. The fourth-order valence-electron chi connectivity index (χ4n) is 2.06. The molecule has 6 heteroatoms. The Morgan fingerprint density at radius 2 is 2.00 bits per heavy atom. The monoisotopic (exact) mass is 243 g/mol. The lowest BCUT2D eigenvalue weighted by Gasteiger charge is -2.22. The predicted molar refractivity (Wildman–Crippen MR) is 61.4 cm³/mol. The van der Waals surface area contributed by atoms with Gasteiger partial charge in [-0.25, -0.2) is 8.42 Å². The summed E-state index contributed by atoms with van der Waals surface area (Å²) in [6, 6.07) is 0. The van der Waals surface area contributed by atoms with E-state index in [-0.39, 0.29) is 17.0 Å². The molecular formula is C10H17N3O2S. The summed E-state index contributed by atoms with van der Waals surface area (Å²) >= 11 is 0. The molecule has 0 spiro atoms. The number of aromatic nitrogens is 2. The van der Waals surface area contributed by atoms with Gasteiger partial charge in [-0.05, 0) is 20.8 Å². The molecule has 90 valence electrons. The Bertz CT molecular complexity index is 523. The zero-order valence-corrected chi connectivity index (χ0v) is 10.6. The van der Waals surface area contributed by atoms with Gasteiger partial charge >= 0.3 is 0 Å². The second-order valence-electron chi connectivity index (χ2n) is 5.19. The highest BCUT2D eigenvalue weighted by molar-refractivity contribution is 7.90. The molecule has 1 aromatic heterocycles. The molecule has 0 radical (unpaired) electrons. The number of hydrogen-bond acceptors (Lipinski definition) is 4. The number of nitrogens with two attached hydrogens (primary N) is 1. The molecule has 0 atom stereocenters. The maximum absolute atomic E-state index is 11.5. The molecule has 16 heavy (non-hydrogen) atoms. The summed E-state index contributed by atoms with van der Waals surface area (Å²) in [5, 5.41) is 4.39. The quantitative estimate of drug-likeness (QED) is 0.780. The van der Waals surface area contributed by atoms with Crippen molar-refractivity contribution in [1.82, 2.24) is 9.78 Å². The van der Waals surface area contributed by atoms with Crippen LogP contribution >= 0.6 is 0 Å². The first-order valence-corrected chi connectivity index (χ1v) is 7.07. The van der Waals surface area contributed by atoms with E-state index < -0.39 is 9.84 Å². The van der Waals surface area contributed by atoms with Crippen LogP contribution in [0.25, 0.3) is 0 Å². The summed E-state index contributed by atoms with van der Waals surface area (Å²) in [7, 11) is -2.99. The SMILES string of the molecule is CC(C)(C)n1nc2c(c1CN)CS(=O)(=O)C2. The highest BCUT2D eigenvalue weighted by Gasteiger charge is 2.33. The Labute approximate surface area is 95.6 Å². The summed E-state index contributed by atoms with van der Waals surface area (Å²) in [4.78, 5) is 0. The van der Waals surface area contributed by atoms with Crippen molar-refractivity contribution in [2.24, 2.45) is 5.73 Å². The van der Waals surface area contributed by atoms with E-state index in [9.17, 15) is 8.42 Å². The molecule has 0 amide bonds. The number of fused-ring (bicyclic) bond motifs is 1. The number of nitrogens with zero attached hydrogens (tertiary/aromatic N) is 2. The van der Waals surface area contributed by atoms with Gasteiger partial charge in [-0.15, -0.1) is 0 Å². The molecule has 0 aromatic carbocycles. The van der Waals surface area contributed by atoms with Crippen LogP contribution in [0.2, 0.25) is 0 Å². The van der Waals surface area contributed by atoms with Gasteiger partial charge in [0.15, 0.2) is 9.84 Å². The van der Waals surface area contributed by atoms with E-state index in [0.29, 0.717) is 12.2 Å². The van der Waals surface area contributed by atoms with E-state index in [4.69, 9.17) is 5.73 Å². The molecule has 1 aliphatic rings. The molecular weight excluding hydrogens is 226 g/mol. The minimum absolute atomic E-state index is 0.0540. The smallest absolute Gasteiger partial charge is 0.160 e. The third kappa shape index (κ3) is 1.76. The van der Waals surface area contributed by atoms with Crippen molar-refractivity contribution in [3.63, 3.8) is 0 Å². The number of hydrogen-bond donors (Lipinski definition) is 1. The molecule has 0 bridgehead atoms. The lowest BCUT2D eigenvalue weighted by atomic mass is 10.1. The maximum atomic E-state index is 11.5. The second-order valence-corrected chi connectivity index (χ2v) is 7.26. The van der Waals surface area contributed by atoms with Crippen LogP contribution in [0, 0.1) is 0 Å².